The Bertz CT molecular complexity index is 485. The van der Waals surface area contributed by atoms with Gasteiger partial charge < -0.3 is 10.2 Å². The van der Waals surface area contributed by atoms with E-state index in [2.05, 4.69) is 0 Å². The molecule has 1 rings (SSSR count). The Morgan fingerprint density at radius 3 is 1.90 bits per heavy atom. The number of carboxylic acids is 2. The molecule has 0 amide bonds. The molecule has 0 saturated carbocycles. The van der Waals surface area contributed by atoms with E-state index in [1.165, 1.54) is 5.56 Å². The van der Waals surface area contributed by atoms with Crippen LogP contribution in [0.25, 0.3) is 0 Å². The molecule has 2 N–H and O–H groups in total. The lowest BCUT2D eigenvalue weighted by Crippen LogP contribution is -1.99. The third-order valence-electron chi connectivity index (χ3n) is 3.34. The second kappa shape index (κ2) is 9.40. The Balaban J connectivity index is 2.49. The molecular formula is C16H21ClO4. The highest BCUT2D eigenvalue weighted by atomic mass is 35.5. The Hall–Kier alpha value is -1.55. The van der Waals surface area contributed by atoms with Gasteiger partial charge in [-0.2, -0.15) is 0 Å². The summed E-state index contributed by atoms with van der Waals surface area (Å²) in [5.41, 5.74) is 2.32. The third-order valence-corrected chi connectivity index (χ3v) is 3.58. The van der Waals surface area contributed by atoms with Crippen LogP contribution in [-0.4, -0.2) is 22.2 Å². The third kappa shape index (κ3) is 7.71. The van der Waals surface area contributed by atoms with Crippen molar-refractivity contribution in [2.24, 2.45) is 0 Å². The number of carbonyl (C=O) groups is 2. The summed E-state index contributed by atoms with van der Waals surface area (Å²) in [6.07, 6.45) is 4.98. The minimum Gasteiger partial charge on any atom is -0.481 e. The van der Waals surface area contributed by atoms with Crippen LogP contribution in [0.15, 0.2) is 18.2 Å². The van der Waals surface area contributed by atoms with Crippen LogP contribution in [0, 0.1) is 0 Å². The molecule has 4 nitrogen and oxygen atoms in total. The molecule has 0 aliphatic carbocycles. The number of halogens is 1. The molecule has 0 radical (unpaired) electrons. The Kier molecular flexibility index (Phi) is 7.83. The molecular weight excluding hydrogens is 292 g/mol. The van der Waals surface area contributed by atoms with Crippen LogP contribution in [-0.2, 0) is 22.4 Å². The average Bonchev–Trinajstić information content (AvgIpc) is 2.41. The van der Waals surface area contributed by atoms with Crippen LogP contribution in [0.4, 0.5) is 0 Å². The lowest BCUT2D eigenvalue weighted by atomic mass is 9.97. The highest BCUT2D eigenvalue weighted by Crippen LogP contribution is 2.20. The highest BCUT2D eigenvalue weighted by Gasteiger charge is 2.06. The molecule has 1 aromatic rings. The largest absolute Gasteiger partial charge is 0.481 e. The van der Waals surface area contributed by atoms with Gasteiger partial charge in [0.1, 0.15) is 0 Å². The first-order valence-electron chi connectivity index (χ1n) is 7.20. The van der Waals surface area contributed by atoms with Crippen LogP contribution in [0.1, 0.15) is 49.7 Å². The molecule has 0 saturated heterocycles. The molecule has 5 heteroatoms. The second-order valence-electron chi connectivity index (χ2n) is 5.11. The SMILES string of the molecule is O=C(O)CCCCc1ccc(Cl)cc1CCCCC(=O)O. The number of rotatable bonds is 10. The first-order chi connectivity index (χ1) is 9.99. The van der Waals surface area contributed by atoms with E-state index in [9.17, 15) is 9.59 Å². The van der Waals surface area contributed by atoms with Crippen molar-refractivity contribution in [3.8, 4) is 0 Å². The summed E-state index contributed by atoms with van der Waals surface area (Å²) in [5.74, 6) is -1.53. The number of carboxylic acid groups (broad SMARTS) is 2. The van der Waals surface area contributed by atoms with Gasteiger partial charge in [-0.05, 0) is 61.8 Å². The summed E-state index contributed by atoms with van der Waals surface area (Å²) in [5, 5.41) is 17.9. The van der Waals surface area contributed by atoms with E-state index < -0.39 is 11.9 Å². The fraction of sp³-hybridized carbons (Fsp3) is 0.500. The van der Waals surface area contributed by atoms with Gasteiger partial charge >= 0.3 is 11.9 Å². The van der Waals surface area contributed by atoms with Crippen molar-refractivity contribution in [3.63, 3.8) is 0 Å². The predicted octanol–water partition coefficient (Wildman–Crippen LogP) is 3.93. The Labute approximate surface area is 129 Å². The predicted molar refractivity (Wildman–Crippen MR) is 81.8 cm³/mol. The molecule has 0 heterocycles. The number of hydrogen-bond acceptors (Lipinski definition) is 2. The quantitative estimate of drug-likeness (QED) is 0.642. The molecule has 116 valence electrons. The molecule has 0 bridgehead atoms. The number of aryl methyl sites for hydroxylation is 2. The molecule has 0 spiro atoms. The summed E-state index contributed by atoms with van der Waals surface area (Å²) in [7, 11) is 0. The molecule has 0 atom stereocenters. The minimum absolute atomic E-state index is 0.189. The van der Waals surface area contributed by atoms with Gasteiger partial charge in [0.25, 0.3) is 0 Å². The maximum Gasteiger partial charge on any atom is 0.303 e. The summed E-state index contributed by atoms with van der Waals surface area (Å²) >= 11 is 6.01. The van der Waals surface area contributed by atoms with Gasteiger partial charge in [0.15, 0.2) is 0 Å². The lowest BCUT2D eigenvalue weighted by molar-refractivity contribution is -0.138. The summed E-state index contributed by atoms with van der Waals surface area (Å²) < 4.78 is 0. The van der Waals surface area contributed by atoms with E-state index in [-0.39, 0.29) is 12.8 Å². The monoisotopic (exact) mass is 312 g/mol. The highest BCUT2D eigenvalue weighted by molar-refractivity contribution is 6.30. The van der Waals surface area contributed by atoms with E-state index in [0.717, 1.165) is 31.2 Å². The second-order valence-corrected chi connectivity index (χ2v) is 5.55. The van der Waals surface area contributed by atoms with Gasteiger partial charge in [0.05, 0.1) is 0 Å². The minimum atomic E-state index is -0.769. The smallest absolute Gasteiger partial charge is 0.303 e. The van der Waals surface area contributed by atoms with Gasteiger partial charge in [0, 0.05) is 17.9 Å². The van der Waals surface area contributed by atoms with Gasteiger partial charge in [-0.15, -0.1) is 0 Å². The lowest BCUT2D eigenvalue weighted by Gasteiger charge is -2.10. The first-order valence-corrected chi connectivity index (χ1v) is 7.57. The van der Waals surface area contributed by atoms with E-state index in [1.807, 2.05) is 18.2 Å². The van der Waals surface area contributed by atoms with E-state index in [1.54, 1.807) is 0 Å². The molecule has 0 aliphatic rings. The van der Waals surface area contributed by atoms with Crippen molar-refractivity contribution in [2.45, 2.75) is 51.4 Å². The number of unbranched alkanes of at least 4 members (excludes halogenated alkanes) is 2. The Morgan fingerprint density at radius 2 is 1.38 bits per heavy atom. The molecule has 0 unspecified atom stereocenters. The van der Waals surface area contributed by atoms with Crippen molar-refractivity contribution in [1.29, 1.82) is 0 Å². The summed E-state index contributed by atoms with van der Waals surface area (Å²) in [6.45, 7) is 0. The van der Waals surface area contributed by atoms with Crippen molar-refractivity contribution in [1.82, 2.24) is 0 Å². The maximum absolute atomic E-state index is 10.5. The van der Waals surface area contributed by atoms with Gasteiger partial charge in [-0.25, -0.2) is 0 Å². The topological polar surface area (TPSA) is 74.6 Å². The van der Waals surface area contributed by atoms with Crippen molar-refractivity contribution < 1.29 is 19.8 Å². The Morgan fingerprint density at radius 1 is 0.857 bits per heavy atom. The van der Waals surface area contributed by atoms with Crippen LogP contribution in [0.3, 0.4) is 0 Å². The molecule has 1 aromatic carbocycles. The van der Waals surface area contributed by atoms with Gasteiger partial charge in [0.2, 0.25) is 0 Å². The normalized spacial score (nSPS) is 10.5. The fourth-order valence-corrected chi connectivity index (χ4v) is 2.45. The van der Waals surface area contributed by atoms with Crippen molar-refractivity contribution in [3.05, 3.63) is 34.3 Å². The zero-order chi connectivity index (χ0) is 15.7. The molecule has 21 heavy (non-hydrogen) atoms. The standard InChI is InChI=1S/C16H21ClO4/c17-14-10-9-12(5-1-3-7-15(18)19)13(11-14)6-2-4-8-16(20)21/h9-11H,1-8H2,(H,18,19)(H,20,21). The zero-order valence-corrected chi connectivity index (χ0v) is 12.7. The first kappa shape index (κ1) is 17.5. The molecule has 0 fully saturated rings. The van der Waals surface area contributed by atoms with E-state index in [4.69, 9.17) is 21.8 Å². The number of benzene rings is 1. The molecule has 0 aromatic heterocycles. The molecule has 0 aliphatic heterocycles. The average molecular weight is 313 g/mol. The van der Waals surface area contributed by atoms with E-state index in [0.29, 0.717) is 17.9 Å². The summed E-state index contributed by atoms with van der Waals surface area (Å²) in [4.78, 5) is 21.0. The van der Waals surface area contributed by atoms with Crippen LogP contribution >= 0.6 is 11.6 Å². The number of aliphatic carboxylic acids is 2. The zero-order valence-electron chi connectivity index (χ0n) is 12.0. The van der Waals surface area contributed by atoms with Crippen LogP contribution < -0.4 is 0 Å². The van der Waals surface area contributed by atoms with Crippen LogP contribution in [0.5, 0.6) is 0 Å². The van der Waals surface area contributed by atoms with Crippen molar-refractivity contribution >= 4 is 23.5 Å². The van der Waals surface area contributed by atoms with Gasteiger partial charge in [-0.3, -0.25) is 9.59 Å². The van der Waals surface area contributed by atoms with Crippen LogP contribution in [0.2, 0.25) is 5.02 Å². The van der Waals surface area contributed by atoms with Gasteiger partial charge in [-0.1, -0.05) is 17.7 Å². The maximum atomic E-state index is 10.5. The van der Waals surface area contributed by atoms with Crippen molar-refractivity contribution in [2.75, 3.05) is 0 Å². The summed E-state index contributed by atoms with van der Waals surface area (Å²) in [6, 6.07) is 5.75. The van der Waals surface area contributed by atoms with E-state index >= 15 is 0 Å². The fourth-order valence-electron chi connectivity index (χ4n) is 2.25. The number of hydrogen-bond donors (Lipinski definition) is 2.